The fourth-order valence-corrected chi connectivity index (χ4v) is 2.37. The molecule has 0 aliphatic heterocycles. The molecule has 1 N–H and O–H groups in total. The Morgan fingerprint density at radius 3 is 1.54 bits per heavy atom. The second kappa shape index (κ2) is 19.6. The Kier molecular flexibility index (Phi) is 21.8. The first kappa shape index (κ1) is 41.1. The number of alkyl halides is 6. The summed E-state index contributed by atoms with van der Waals surface area (Å²) in [6.45, 7) is 0. The van der Waals surface area contributed by atoms with Gasteiger partial charge in [-0.2, -0.15) is 0 Å². The first-order valence-corrected chi connectivity index (χ1v) is 11.7. The number of ether oxygens (including phenoxy) is 3. The van der Waals surface area contributed by atoms with Crippen LogP contribution in [-0.2, 0) is 9.47 Å². The molecule has 0 amide bonds. The third-order valence-electron chi connectivity index (χ3n) is 3.28. The summed E-state index contributed by atoms with van der Waals surface area (Å²) in [6.07, 6.45) is -1.41. The molecule has 0 unspecified atom stereocenters. The van der Waals surface area contributed by atoms with Gasteiger partial charge in [0, 0.05) is 63.3 Å². The zero-order chi connectivity index (χ0) is 27.4. The van der Waals surface area contributed by atoms with Crippen LogP contribution in [0, 0.1) is 0 Å². The number of nitrogens with zero attached hydrogens (tertiary/aromatic N) is 2. The number of carbonyl (C=O) groups excluding carboxylic acids is 2. The second-order valence-electron chi connectivity index (χ2n) is 6.49. The van der Waals surface area contributed by atoms with Crippen molar-refractivity contribution in [3.63, 3.8) is 0 Å². The Morgan fingerprint density at radius 1 is 0.811 bits per heavy atom. The Bertz CT molecular complexity index is 946. The van der Waals surface area contributed by atoms with E-state index < -0.39 is 19.5 Å². The summed E-state index contributed by atoms with van der Waals surface area (Å²) < 4.78 is 8.21. The van der Waals surface area contributed by atoms with Crippen LogP contribution in [0.4, 0.5) is 21.0 Å². The number of phenolic OH excluding ortho intramolecular Hbond substituents is 1. The van der Waals surface area contributed by atoms with Crippen LogP contribution in [0.2, 0.25) is 0 Å². The maximum absolute atomic E-state index is 10.5. The molecule has 0 saturated heterocycles. The molecule has 0 radical (unpaired) electrons. The van der Waals surface area contributed by atoms with Crippen LogP contribution in [0.3, 0.4) is 0 Å². The van der Waals surface area contributed by atoms with E-state index in [9.17, 15) is 9.59 Å². The Balaban J connectivity index is -0.000000221. The van der Waals surface area contributed by atoms with Gasteiger partial charge in [0.15, 0.2) is 0 Å². The van der Waals surface area contributed by atoms with Crippen molar-refractivity contribution in [3.8, 4) is 11.5 Å². The molecule has 2 aromatic rings. The fraction of sp³-hybridized carbons (Fsp3) is 0.333. The molecule has 0 saturated carbocycles. The SMILES string of the molecule is C.CN(C)c1cccc(O)c1.CN(C)c1cccc(OC(=O)Cl)c1.O=C(OC(Cl)(Cl)Cl)OC(Cl)(Cl)Cl.[H-].[Na+]. The van der Waals surface area contributed by atoms with Gasteiger partial charge in [0.1, 0.15) is 11.5 Å². The molecular formula is C21H26Cl7N2NaO6. The summed E-state index contributed by atoms with van der Waals surface area (Å²) in [7, 11) is 7.69. The van der Waals surface area contributed by atoms with Crippen LogP contribution in [0.1, 0.15) is 8.85 Å². The predicted octanol–water partition coefficient (Wildman–Crippen LogP) is 5.50. The van der Waals surface area contributed by atoms with E-state index in [1.165, 1.54) is 0 Å². The number of hydrogen-bond acceptors (Lipinski definition) is 8. The van der Waals surface area contributed by atoms with E-state index in [0.717, 1.165) is 11.4 Å². The fourth-order valence-electron chi connectivity index (χ4n) is 1.90. The van der Waals surface area contributed by atoms with Crippen molar-refractivity contribution in [2.24, 2.45) is 0 Å². The van der Waals surface area contributed by atoms with Crippen molar-refractivity contribution in [1.29, 1.82) is 0 Å². The smallest absolute Gasteiger partial charge is 1.00 e. The van der Waals surface area contributed by atoms with E-state index >= 15 is 0 Å². The van der Waals surface area contributed by atoms with Crippen LogP contribution >= 0.6 is 81.2 Å². The molecule has 0 atom stereocenters. The van der Waals surface area contributed by atoms with Gasteiger partial charge in [-0.1, -0.05) is 19.6 Å². The predicted molar refractivity (Wildman–Crippen MR) is 151 cm³/mol. The summed E-state index contributed by atoms with van der Waals surface area (Å²) >= 11 is 35.3. The van der Waals surface area contributed by atoms with Crippen molar-refractivity contribution in [2.45, 2.75) is 15.4 Å². The molecule has 0 fully saturated rings. The van der Waals surface area contributed by atoms with E-state index in [1.54, 1.807) is 30.3 Å². The van der Waals surface area contributed by atoms with Gasteiger partial charge in [-0.15, -0.1) is 0 Å². The Hall–Kier alpha value is -0.390. The Labute approximate surface area is 275 Å². The number of phenols is 1. The number of halogens is 7. The van der Waals surface area contributed by atoms with Crippen molar-refractivity contribution in [2.75, 3.05) is 38.0 Å². The molecule has 206 valence electrons. The maximum Gasteiger partial charge on any atom is 1.00 e. The van der Waals surface area contributed by atoms with Crippen LogP contribution in [0.15, 0.2) is 48.5 Å². The first-order valence-electron chi connectivity index (χ1n) is 9.06. The summed E-state index contributed by atoms with van der Waals surface area (Å²) in [5.74, 6) is 0.761. The third kappa shape index (κ3) is 23.2. The minimum atomic E-state index is -2.24. The van der Waals surface area contributed by atoms with E-state index in [0.29, 0.717) is 11.5 Å². The maximum atomic E-state index is 10.5. The molecule has 0 bridgehead atoms. The van der Waals surface area contributed by atoms with Gasteiger partial charge >= 0.3 is 49.1 Å². The van der Waals surface area contributed by atoms with E-state index in [1.807, 2.05) is 56.2 Å². The molecule has 0 heterocycles. The Morgan fingerprint density at radius 2 is 1.22 bits per heavy atom. The molecule has 0 aliphatic carbocycles. The largest absolute Gasteiger partial charge is 1.00 e. The molecule has 8 nitrogen and oxygen atoms in total. The monoisotopic (exact) mass is 670 g/mol. The molecule has 2 aromatic carbocycles. The zero-order valence-electron chi connectivity index (χ0n) is 20.6. The quantitative estimate of drug-likeness (QED) is 0.198. The molecule has 0 aromatic heterocycles. The third-order valence-corrected chi connectivity index (χ3v) is 3.82. The minimum absolute atomic E-state index is 0. The van der Waals surface area contributed by atoms with Crippen molar-refractivity contribution >= 4 is 104 Å². The van der Waals surface area contributed by atoms with Crippen molar-refractivity contribution in [1.82, 2.24) is 0 Å². The summed E-state index contributed by atoms with van der Waals surface area (Å²) in [5, 5.41) is 9.04. The van der Waals surface area contributed by atoms with Gasteiger partial charge in [-0.25, -0.2) is 9.59 Å². The van der Waals surface area contributed by atoms with Gasteiger partial charge in [-0.3, -0.25) is 0 Å². The average molecular weight is 674 g/mol. The van der Waals surface area contributed by atoms with Crippen LogP contribution in [0.25, 0.3) is 0 Å². The molecular weight excluding hydrogens is 647 g/mol. The molecule has 37 heavy (non-hydrogen) atoms. The standard InChI is InChI=1S/C9H10ClNO2.C8H11NO.C3Cl6O3.CH4.Na.H/c1-11(2)7-4-3-5-8(6-7)13-9(10)12;1-9(2)7-4-3-5-8(10)6-7;4-2(5,6)11-1(10)12-3(7,8)9;;;/h3-6H,1-2H3;3-6,10H,1-2H3;;1H4;;/q;;;;+1;-1. The molecule has 0 aliphatic rings. The van der Waals surface area contributed by atoms with E-state index in [-0.39, 0.29) is 38.4 Å². The number of anilines is 2. The van der Waals surface area contributed by atoms with E-state index in [4.69, 9.17) is 91.0 Å². The molecule has 0 spiro atoms. The minimum Gasteiger partial charge on any atom is -1.00 e. The van der Waals surface area contributed by atoms with Crippen molar-refractivity contribution < 1.29 is 59.9 Å². The van der Waals surface area contributed by atoms with Crippen LogP contribution in [0.5, 0.6) is 11.5 Å². The zero-order valence-corrected chi connectivity index (χ0v) is 26.9. The van der Waals surface area contributed by atoms with Gasteiger partial charge in [0.05, 0.1) is 0 Å². The normalized spacial score (nSPS) is 9.92. The van der Waals surface area contributed by atoms with Gasteiger partial charge in [0.2, 0.25) is 0 Å². The number of benzene rings is 2. The van der Waals surface area contributed by atoms with Gasteiger partial charge in [0.25, 0.3) is 0 Å². The number of hydrogen-bond donors (Lipinski definition) is 1. The number of carbonyl (C=O) groups is 2. The van der Waals surface area contributed by atoms with Crippen molar-refractivity contribution in [3.05, 3.63) is 48.5 Å². The van der Waals surface area contributed by atoms with Gasteiger partial charge in [-0.05, 0) is 93.9 Å². The van der Waals surface area contributed by atoms with E-state index in [2.05, 4.69) is 9.47 Å². The average Bonchev–Trinajstić information content (AvgIpc) is 2.65. The molecule has 2 rings (SSSR count). The topological polar surface area (TPSA) is 88.5 Å². The first-order chi connectivity index (χ1) is 15.9. The second-order valence-corrected chi connectivity index (χ2v) is 11.2. The molecule has 16 heteroatoms. The number of aromatic hydroxyl groups is 1. The summed E-state index contributed by atoms with van der Waals surface area (Å²) in [4.78, 5) is 24.8. The van der Waals surface area contributed by atoms with Crippen LogP contribution in [-0.4, -0.2) is 52.8 Å². The van der Waals surface area contributed by atoms with Crippen LogP contribution < -0.4 is 44.1 Å². The summed E-state index contributed by atoms with van der Waals surface area (Å²) in [6, 6.07) is 14.3. The summed E-state index contributed by atoms with van der Waals surface area (Å²) in [5.41, 5.74) is 1.14. The van der Waals surface area contributed by atoms with Gasteiger partial charge < -0.3 is 30.5 Å². The number of rotatable bonds is 3.